The highest BCUT2D eigenvalue weighted by atomic mass is 35.5. The molecule has 68 valence electrons. The van der Waals surface area contributed by atoms with E-state index in [-0.39, 0.29) is 0 Å². The standard InChI is InChI=1S/C8H6ClNO2S/c9-5-2-10-3-7-4(5)1-6(13-7)8(11)12/h1-3,8,11-12H. The second-order valence-corrected chi connectivity index (χ2v) is 4.08. The zero-order valence-corrected chi connectivity index (χ0v) is 8.01. The molecule has 2 N–H and O–H groups in total. The number of thiophene rings is 1. The number of aromatic nitrogens is 1. The lowest BCUT2D eigenvalue weighted by Crippen LogP contribution is -1.88. The topological polar surface area (TPSA) is 53.4 Å². The smallest absolute Gasteiger partial charge is 0.188 e. The van der Waals surface area contributed by atoms with Crippen molar-refractivity contribution in [2.24, 2.45) is 0 Å². The average Bonchev–Trinajstić information content (AvgIpc) is 2.49. The predicted molar refractivity (Wildman–Crippen MR) is 51.8 cm³/mol. The fraction of sp³-hybridized carbons (Fsp3) is 0.125. The molecule has 0 spiro atoms. The van der Waals surface area contributed by atoms with Gasteiger partial charge in [-0.3, -0.25) is 4.98 Å². The number of halogens is 1. The molecule has 5 heteroatoms. The molecule has 0 radical (unpaired) electrons. The van der Waals surface area contributed by atoms with Gasteiger partial charge in [0.25, 0.3) is 0 Å². The second-order valence-electron chi connectivity index (χ2n) is 2.56. The van der Waals surface area contributed by atoms with Crippen LogP contribution in [0.1, 0.15) is 11.2 Å². The average molecular weight is 216 g/mol. The molecule has 0 unspecified atom stereocenters. The lowest BCUT2D eigenvalue weighted by Gasteiger charge is -1.94. The Morgan fingerprint density at radius 2 is 2.15 bits per heavy atom. The minimum atomic E-state index is -1.44. The zero-order chi connectivity index (χ0) is 9.42. The van der Waals surface area contributed by atoms with Gasteiger partial charge in [0, 0.05) is 17.8 Å². The van der Waals surface area contributed by atoms with Crippen LogP contribution in [-0.4, -0.2) is 15.2 Å². The van der Waals surface area contributed by atoms with Crippen LogP contribution in [-0.2, 0) is 0 Å². The number of aliphatic hydroxyl groups is 2. The van der Waals surface area contributed by atoms with Crippen molar-refractivity contribution in [2.45, 2.75) is 6.29 Å². The van der Waals surface area contributed by atoms with Gasteiger partial charge in [0.05, 0.1) is 14.6 Å². The summed E-state index contributed by atoms with van der Waals surface area (Å²) in [5, 5.41) is 19.2. The number of aliphatic hydroxyl groups excluding tert-OH is 1. The van der Waals surface area contributed by atoms with Crippen LogP contribution in [0.15, 0.2) is 18.5 Å². The van der Waals surface area contributed by atoms with Gasteiger partial charge in [0.1, 0.15) is 0 Å². The monoisotopic (exact) mass is 215 g/mol. The molecule has 0 fully saturated rings. The Hall–Kier alpha value is -0.680. The number of rotatable bonds is 1. The first-order chi connectivity index (χ1) is 6.18. The molecule has 0 saturated heterocycles. The summed E-state index contributed by atoms with van der Waals surface area (Å²) in [5.41, 5.74) is 0. The van der Waals surface area contributed by atoms with E-state index in [1.54, 1.807) is 12.3 Å². The minimum absolute atomic E-state index is 0.477. The van der Waals surface area contributed by atoms with E-state index < -0.39 is 6.29 Å². The Bertz CT molecular complexity index is 441. The molecule has 2 heterocycles. The maximum atomic E-state index is 8.92. The maximum absolute atomic E-state index is 8.92. The number of nitrogens with zero attached hydrogens (tertiary/aromatic N) is 1. The molecule has 2 aromatic heterocycles. The van der Waals surface area contributed by atoms with E-state index in [0.717, 1.165) is 10.1 Å². The number of hydrogen-bond acceptors (Lipinski definition) is 4. The summed E-state index contributed by atoms with van der Waals surface area (Å²) in [7, 11) is 0. The van der Waals surface area contributed by atoms with Crippen LogP contribution < -0.4 is 0 Å². The SMILES string of the molecule is OC(O)c1cc2c(Cl)cncc2s1. The summed E-state index contributed by atoms with van der Waals surface area (Å²) in [6.45, 7) is 0. The van der Waals surface area contributed by atoms with Crippen LogP contribution in [0.4, 0.5) is 0 Å². The summed E-state index contributed by atoms with van der Waals surface area (Å²) < 4.78 is 0.857. The molecule has 2 aromatic rings. The molecule has 0 saturated carbocycles. The van der Waals surface area contributed by atoms with Crippen LogP contribution in [0.25, 0.3) is 10.1 Å². The molecule has 0 aromatic carbocycles. The van der Waals surface area contributed by atoms with Gasteiger partial charge in [-0.15, -0.1) is 11.3 Å². The van der Waals surface area contributed by atoms with E-state index in [2.05, 4.69) is 4.98 Å². The lowest BCUT2D eigenvalue weighted by molar-refractivity contribution is -0.0394. The zero-order valence-electron chi connectivity index (χ0n) is 6.44. The van der Waals surface area contributed by atoms with Gasteiger partial charge in [-0.1, -0.05) is 11.6 Å². The van der Waals surface area contributed by atoms with Gasteiger partial charge in [0.15, 0.2) is 6.29 Å². The van der Waals surface area contributed by atoms with Gasteiger partial charge in [-0.25, -0.2) is 0 Å². The lowest BCUT2D eigenvalue weighted by atomic mass is 10.3. The summed E-state index contributed by atoms with van der Waals surface area (Å²) in [4.78, 5) is 4.38. The molecular weight excluding hydrogens is 210 g/mol. The van der Waals surface area contributed by atoms with Crippen LogP contribution in [0.3, 0.4) is 0 Å². The Labute approximate surface area is 83.2 Å². The van der Waals surface area contributed by atoms with E-state index in [4.69, 9.17) is 21.8 Å². The highest BCUT2D eigenvalue weighted by Crippen LogP contribution is 2.32. The Morgan fingerprint density at radius 3 is 2.77 bits per heavy atom. The van der Waals surface area contributed by atoms with E-state index in [0.29, 0.717) is 9.90 Å². The van der Waals surface area contributed by atoms with Crippen LogP contribution in [0.5, 0.6) is 0 Å². The third-order valence-corrected chi connectivity index (χ3v) is 3.08. The molecule has 0 amide bonds. The van der Waals surface area contributed by atoms with Crippen molar-refractivity contribution in [3.8, 4) is 0 Å². The van der Waals surface area contributed by atoms with Crippen molar-refractivity contribution in [3.05, 3.63) is 28.4 Å². The van der Waals surface area contributed by atoms with Crippen molar-refractivity contribution in [1.82, 2.24) is 4.98 Å². The summed E-state index contributed by atoms with van der Waals surface area (Å²) >= 11 is 7.13. The van der Waals surface area contributed by atoms with Gasteiger partial charge in [-0.2, -0.15) is 0 Å². The largest absolute Gasteiger partial charge is 0.364 e. The highest BCUT2D eigenvalue weighted by Gasteiger charge is 2.09. The van der Waals surface area contributed by atoms with Gasteiger partial charge in [-0.05, 0) is 6.07 Å². The number of hydrogen-bond donors (Lipinski definition) is 2. The number of fused-ring (bicyclic) bond motifs is 1. The molecular formula is C8H6ClNO2S. The molecule has 0 aliphatic heterocycles. The fourth-order valence-corrected chi connectivity index (χ4v) is 2.27. The van der Waals surface area contributed by atoms with E-state index in [1.165, 1.54) is 17.5 Å². The normalized spacial score (nSPS) is 11.4. The number of pyridine rings is 1. The molecule has 3 nitrogen and oxygen atoms in total. The van der Waals surface area contributed by atoms with Crippen molar-refractivity contribution < 1.29 is 10.2 Å². The van der Waals surface area contributed by atoms with Crippen molar-refractivity contribution in [2.75, 3.05) is 0 Å². The van der Waals surface area contributed by atoms with Gasteiger partial charge < -0.3 is 10.2 Å². The molecule has 13 heavy (non-hydrogen) atoms. The van der Waals surface area contributed by atoms with Crippen LogP contribution in [0, 0.1) is 0 Å². The Kier molecular flexibility index (Phi) is 2.21. The Morgan fingerprint density at radius 1 is 1.38 bits per heavy atom. The third kappa shape index (κ3) is 1.53. The maximum Gasteiger partial charge on any atom is 0.188 e. The first-order valence-electron chi connectivity index (χ1n) is 3.57. The Balaban J connectivity index is 2.68. The van der Waals surface area contributed by atoms with E-state index in [1.807, 2.05) is 0 Å². The van der Waals surface area contributed by atoms with Gasteiger partial charge >= 0.3 is 0 Å². The summed E-state index contributed by atoms with van der Waals surface area (Å²) in [6.07, 6.45) is 1.75. The molecule has 0 atom stereocenters. The van der Waals surface area contributed by atoms with Crippen molar-refractivity contribution in [1.29, 1.82) is 0 Å². The van der Waals surface area contributed by atoms with Crippen LogP contribution in [0.2, 0.25) is 5.02 Å². The molecule has 0 aliphatic carbocycles. The quantitative estimate of drug-likeness (QED) is 0.715. The molecule has 0 aliphatic rings. The highest BCUT2D eigenvalue weighted by molar-refractivity contribution is 7.19. The second kappa shape index (κ2) is 3.23. The van der Waals surface area contributed by atoms with Crippen molar-refractivity contribution >= 4 is 33.0 Å². The van der Waals surface area contributed by atoms with Crippen LogP contribution >= 0.6 is 22.9 Å². The predicted octanol–water partition coefficient (Wildman–Crippen LogP) is 1.93. The first-order valence-corrected chi connectivity index (χ1v) is 4.77. The summed E-state index contributed by atoms with van der Waals surface area (Å²) in [6, 6.07) is 1.66. The molecule has 2 rings (SSSR count). The van der Waals surface area contributed by atoms with E-state index in [9.17, 15) is 0 Å². The summed E-state index contributed by atoms with van der Waals surface area (Å²) in [5.74, 6) is 0. The third-order valence-electron chi connectivity index (χ3n) is 1.67. The van der Waals surface area contributed by atoms with Crippen molar-refractivity contribution in [3.63, 3.8) is 0 Å². The van der Waals surface area contributed by atoms with E-state index >= 15 is 0 Å². The first kappa shape index (κ1) is 8.90. The fourth-order valence-electron chi connectivity index (χ4n) is 1.07. The minimum Gasteiger partial charge on any atom is -0.364 e. The molecule has 0 bridgehead atoms. The van der Waals surface area contributed by atoms with Gasteiger partial charge in [0.2, 0.25) is 0 Å².